The Morgan fingerprint density at radius 3 is 2.87 bits per heavy atom. The summed E-state index contributed by atoms with van der Waals surface area (Å²) in [4.78, 5) is 13.7. The monoisotopic (exact) mass is 209 g/mol. The molecule has 0 aromatic heterocycles. The van der Waals surface area contributed by atoms with Crippen molar-refractivity contribution in [3.8, 4) is 11.8 Å². The number of ether oxygens (including phenoxy) is 1. The molecule has 0 amide bonds. The molecule has 1 saturated heterocycles. The summed E-state index contributed by atoms with van der Waals surface area (Å²) in [6, 6.07) is 0. The van der Waals surface area contributed by atoms with E-state index in [1.54, 1.807) is 0 Å². The molecule has 3 nitrogen and oxygen atoms in total. The minimum absolute atomic E-state index is 0.0459. The molecule has 1 rings (SSSR count). The van der Waals surface area contributed by atoms with Gasteiger partial charge in [0.25, 0.3) is 0 Å². The summed E-state index contributed by atoms with van der Waals surface area (Å²) in [7, 11) is 1.46. The van der Waals surface area contributed by atoms with Gasteiger partial charge in [-0.3, -0.25) is 4.79 Å². The van der Waals surface area contributed by atoms with Crippen LogP contribution in [-0.4, -0.2) is 37.6 Å². The minimum Gasteiger partial charge on any atom is -0.469 e. The van der Waals surface area contributed by atoms with Crippen LogP contribution in [0.15, 0.2) is 0 Å². The van der Waals surface area contributed by atoms with E-state index in [-0.39, 0.29) is 11.9 Å². The van der Waals surface area contributed by atoms with Crippen LogP contribution >= 0.6 is 0 Å². The number of hydrogen-bond donors (Lipinski definition) is 0. The Balaban J connectivity index is 2.40. The predicted molar refractivity (Wildman–Crippen MR) is 59.2 cm³/mol. The van der Waals surface area contributed by atoms with Crippen molar-refractivity contribution in [3.63, 3.8) is 0 Å². The molecule has 1 aliphatic heterocycles. The number of carbonyl (C=O) groups excluding carboxylic acids is 1. The number of carbonyl (C=O) groups is 1. The van der Waals surface area contributed by atoms with Gasteiger partial charge in [-0.15, -0.1) is 11.8 Å². The summed E-state index contributed by atoms with van der Waals surface area (Å²) in [5, 5.41) is 0. The number of methoxy groups -OCH3 is 1. The number of hydrogen-bond acceptors (Lipinski definition) is 3. The maximum atomic E-state index is 11.4. The van der Waals surface area contributed by atoms with Gasteiger partial charge in [-0.25, -0.2) is 0 Å². The Kier molecular flexibility index (Phi) is 4.64. The van der Waals surface area contributed by atoms with Crippen LogP contribution in [0.5, 0.6) is 0 Å². The van der Waals surface area contributed by atoms with Crippen LogP contribution in [0.1, 0.15) is 20.3 Å². The van der Waals surface area contributed by atoms with Crippen molar-refractivity contribution in [1.29, 1.82) is 0 Å². The Hall–Kier alpha value is -1.01. The number of esters is 1. The van der Waals surface area contributed by atoms with Crippen molar-refractivity contribution in [2.24, 2.45) is 11.8 Å². The third-order valence-corrected chi connectivity index (χ3v) is 2.92. The largest absolute Gasteiger partial charge is 0.469 e. The Morgan fingerprint density at radius 1 is 1.53 bits per heavy atom. The smallest absolute Gasteiger partial charge is 0.310 e. The summed E-state index contributed by atoms with van der Waals surface area (Å²) in [6.07, 6.45) is 0.886. The van der Waals surface area contributed by atoms with Crippen molar-refractivity contribution >= 4 is 5.97 Å². The van der Waals surface area contributed by atoms with Crippen LogP contribution in [0.3, 0.4) is 0 Å². The highest BCUT2D eigenvalue weighted by Crippen LogP contribution is 2.23. The molecular formula is C12H19NO2. The van der Waals surface area contributed by atoms with Crippen molar-refractivity contribution < 1.29 is 9.53 Å². The van der Waals surface area contributed by atoms with E-state index in [1.807, 2.05) is 6.92 Å². The summed E-state index contributed by atoms with van der Waals surface area (Å²) in [5.74, 6) is 6.28. The lowest BCUT2D eigenvalue weighted by molar-refractivity contribution is -0.146. The number of likely N-dealkylation sites (tertiary alicyclic amines) is 1. The molecule has 2 unspecified atom stereocenters. The maximum Gasteiger partial charge on any atom is 0.310 e. The predicted octanol–water partition coefficient (Wildman–Crippen LogP) is 1.14. The van der Waals surface area contributed by atoms with E-state index >= 15 is 0 Å². The van der Waals surface area contributed by atoms with Gasteiger partial charge in [0, 0.05) is 26.1 Å². The van der Waals surface area contributed by atoms with Gasteiger partial charge in [0.05, 0.1) is 13.0 Å². The maximum absolute atomic E-state index is 11.4. The van der Waals surface area contributed by atoms with Gasteiger partial charge in [0.1, 0.15) is 0 Å². The van der Waals surface area contributed by atoms with Gasteiger partial charge in [0.15, 0.2) is 0 Å². The zero-order valence-electron chi connectivity index (χ0n) is 9.75. The second-order valence-electron chi connectivity index (χ2n) is 4.04. The molecular weight excluding hydrogens is 190 g/mol. The lowest BCUT2D eigenvalue weighted by Gasteiger charge is -2.12. The standard InChI is InChI=1S/C12H19NO2/c1-4-5-6-7-13-8-10(2)11(9-13)12(14)15-3/h10-11H,6-9H2,1-3H3. The fraction of sp³-hybridized carbons (Fsp3) is 0.750. The van der Waals surface area contributed by atoms with Gasteiger partial charge in [-0.1, -0.05) is 6.92 Å². The quantitative estimate of drug-likeness (QED) is 0.515. The molecule has 0 aliphatic carbocycles. The molecule has 0 spiro atoms. The third-order valence-electron chi connectivity index (χ3n) is 2.92. The van der Waals surface area contributed by atoms with Crippen LogP contribution in [0, 0.1) is 23.7 Å². The van der Waals surface area contributed by atoms with E-state index in [0.717, 1.165) is 26.1 Å². The highest BCUT2D eigenvalue weighted by Gasteiger charge is 2.34. The van der Waals surface area contributed by atoms with E-state index in [4.69, 9.17) is 4.74 Å². The molecule has 0 N–H and O–H groups in total. The molecule has 0 saturated carbocycles. The molecule has 15 heavy (non-hydrogen) atoms. The molecule has 0 radical (unpaired) electrons. The Morgan fingerprint density at radius 2 is 2.27 bits per heavy atom. The van der Waals surface area contributed by atoms with Gasteiger partial charge < -0.3 is 9.64 Å². The van der Waals surface area contributed by atoms with Gasteiger partial charge in [0.2, 0.25) is 0 Å². The molecule has 0 aromatic carbocycles. The van der Waals surface area contributed by atoms with Crippen LogP contribution < -0.4 is 0 Å². The van der Waals surface area contributed by atoms with Crippen LogP contribution in [0.4, 0.5) is 0 Å². The van der Waals surface area contributed by atoms with Gasteiger partial charge >= 0.3 is 5.97 Å². The first-order valence-electron chi connectivity index (χ1n) is 5.38. The molecule has 3 heteroatoms. The van der Waals surface area contributed by atoms with Crippen LogP contribution in [-0.2, 0) is 9.53 Å². The highest BCUT2D eigenvalue weighted by molar-refractivity contribution is 5.73. The average Bonchev–Trinajstić information content (AvgIpc) is 2.59. The van der Waals surface area contributed by atoms with E-state index in [2.05, 4.69) is 23.7 Å². The fourth-order valence-electron chi connectivity index (χ4n) is 2.05. The third kappa shape index (κ3) is 3.24. The topological polar surface area (TPSA) is 29.5 Å². The van der Waals surface area contributed by atoms with Crippen molar-refractivity contribution in [2.45, 2.75) is 20.3 Å². The van der Waals surface area contributed by atoms with E-state index in [1.165, 1.54) is 7.11 Å². The van der Waals surface area contributed by atoms with Crippen molar-refractivity contribution in [1.82, 2.24) is 4.90 Å². The van der Waals surface area contributed by atoms with Crippen LogP contribution in [0.25, 0.3) is 0 Å². The second-order valence-corrected chi connectivity index (χ2v) is 4.04. The SMILES string of the molecule is CC#CCCN1CC(C)C(C(=O)OC)C1. The molecule has 1 aliphatic rings. The minimum atomic E-state index is -0.0772. The lowest BCUT2D eigenvalue weighted by Crippen LogP contribution is -2.25. The fourth-order valence-corrected chi connectivity index (χ4v) is 2.05. The molecule has 1 fully saturated rings. The summed E-state index contributed by atoms with van der Waals surface area (Å²) in [5.41, 5.74) is 0. The lowest BCUT2D eigenvalue weighted by atomic mass is 9.99. The number of rotatable bonds is 3. The van der Waals surface area contributed by atoms with Crippen LogP contribution in [0.2, 0.25) is 0 Å². The first kappa shape index (κ1) is 12.1. The second kappa shape index (κ2) is 5.77. The van der Waals surface area contributed by atoms with Crippen molar-refractivity contribution in [3.05, 3.63) is 0 Å². The van der Waals surface area contributed by atoms with Gasteiger partial charge in [-0.2, -0.15) is 0 Å². The molecule has 1 heterocycles. The highest BCUT2D eigenvalue weighted by atomic mass is 16.5. The molecule has 0 bridgehead atoms. The van der Waals surface area contributed by atoms with E-state index in [9.17, 15) is 4.79 Å². The molecule has 0 aromatic rings. The zero-order chi connectivity index (χ0) is 11.3. The number of nitrogens with zero attached hydrogens (tertiary/aromatic N) is 1. The first-order chi connectivity index (χ1) is 7.19. The summed E-state index contributed by atoms with van der Waals surface area (Å²) in [6.45, 7) is 6.71. The Bertz CT molecular complexity index is 277. The van der Waals surface area contributed by atoms with E-state index in [0.29, 0.717) is 5.92 Å². The Labute approximate surface area is 91.8 Å². The van der Waals surface area contributed by atoms with Gasteiger partial charge in [-0.05, 0) is 12.8 Å². The normalized spacial score (nSPS) is 25.8. The molecule has 84 valence electrons. The zero-order valence-corrected chi connectivity index (χ0v) is 9.75. The van der Waals surface area contributed by atoms with Crippen molar-refractivity contribution in [2.75, 3.05) is 26.7 Å². The molecule has 2 atom stereocenters. The first-order valence-corrected chi connectivity index (χ1v) is 5.38. The summed E-state index contributed by atoms with van der Waals surface area (Å²) >= 11 is 0. The summed E-state index contributed by atoms with van der Waals surface area (Å²) < 4.78 is 4.78. The van der Waals surface area contributed by atoms with E-state index < -0.39 is 0 Å². The average molecular weight is 209 g/mol.